The summed E-state index contributed by atoms with van der Waals surface area (Å²) in [6, 6.07) is 6.09. The summed E-state index contributed by atoms with van der Waals surface area (Å²) in [6.07, 6.45) is -1.31. The number of ether oxygens (including phenoxy) is 1. The van der Waals surface area contributed by atoms with Gasteiger partial charge >= 0.3 is 0 Å². The second-order valence-electron chi connectivity index (χ2n) is 5.50. The van der Waals surface area contributed by atoms with E-state index < -0.39 is 16.4 Å². The van der Waals surface area contributed by atoms with Gasteiger partial charge in [0.25, 0.3) is 6.43 Å². The molecule has 1 fully saturated rings. The highest BCUT2D eigenvalue weighted by atomic mass is 32.2. The van der Waals surface area contributed by atoms with E-state index in [1.165, 1.54) is 12.1 Å². The summed E-state index contributed by atoms with van der Waals surface area (Å²) < 4.78 is 57.5. The Kier molecular flexibility index (Phi) is 6.32. The highest BCUT2D eigenvalue weighted by Gasteiger charge is 2.25. The SMILES string of the molecule is CCOc1cccc(S(=O)(=O)NC2CCN(CC(F)F)CC2)c1. The molecule has 0 atom stereocenters. The largest absolute Gasteiger partial charge is 0.494 e. The fraction of sp³-hybridized carbons (Fsp3) is 0.600. The molecule has 0 aliphatic carbocycles. The van der Waals surface area contributed by atoms with Crippen LogP contribution in [0.15, 0.2) is 29.2 Å². The third kappa shape index (κ3) is 5.40. The molecule has 130 valence electrons. The van der Waals surface area contributed by atoms with Gasteiger partial charge in [-0.3, -0.25) is 4.90 Å². The number of hydrogen-bond acceptors (Lipinski definition) is 4. The quantitative estimate of drug-likeness (QED) is 0.820. The molecule has 1 saturated heterocycles. The number of rotatable bonds is 7. The molecule has 0 bridgehead atoms. The summed E-state index contributed by atoms with van der Waals surface area (Å²) in [7, 11) is -3.64. The lowest BCUT2D eigenvalue weighted by Gasteiger charge is -2.31. The molecule has 0 spiro atoms. The molecular formula is C15H22F2N2O3S. The number of sulfonamides is 1. The summed E-state index contributed by atoms with van der Waals surface area (Å²) in [4.78, 5) is 1.81. The van der Waals surface area contributed by atoms with E-state index in [4.69, 9.17) is 4.74 Å². The van der Waals surface area contributed by atoms with E-state index in [9.17, 15) is 17.2 Å². The van der Waals surface area contributed by atoms with Crippen LogP contribution < -0.4 is 9.46 Å². The number of benzene rings is 1. The highest BCUT2D eigenvalue weighted by Crippen LogP contribution is 2.19. The molecule has 5 nitrogen and oxygen atoms in total. The predicted molar refractivity (Wildman–Crippen MR) is 83.4 cm³/mol. The van der Waals surface area contributed by atoms with Crippen LogP contribution in [0.2, 0.25) is 0 Å². The molecule has 1 aromatic rings. The van der Waals surface area contributed by atoms with Gasteiger partial charge in [0, 0.05) is 12.1 Å². The van der Waals surface area contributed by atoms with Crippen LogP contribution >= 0.6 is 0 Å². The predicted octanol–water partition coefficient (Wildman–Crippen LogP) is 2.09. The Balaban J connectivity index is 1.95. The van der Waals surface area contributed by atoms with Gasteiger partial charge in [-0.2, -0.15) is 0 Å². The van der Waals surface area contributed by atoms with Crippen molar-refractivity contribution in [1.29, 1.82) is 0 Å². The number of piperidine rings is 1. The van der Waals surface area contributed by atoms with Crippen molar-refractivity contribution in [3.8, 4) is 5.75 Å². The van der Waals surface area contributed by atoms with E-state index in [-0.39, 0.29) is 17.5 Å². The molecule has 1 aromatic carbocycles. The zero-order valence-electron chi connectivity index (χ0n) is 13.0. The van der Waals surface area contributed by atoms with Crippen LogP contribution in [0.25, 0.3) is 0 Å². The lowest BCUT2D eigenvalue weighted by Crippen LogP contribution is -2.45. The minimum atomic E-state index is -3.64. The molecule has 1 heterocycles. The second kappa shape index (κ2) is 8.03. The van der Waals surface area contributed by atoms with Crippen molar-refractivity contribution in [3.05, 3.63) is 24.3 Å². The molecule has 0 radical (unpaired) electrons. The minimum absolute atomic E-state index is 0.151. The van der Waals surface area contributed by atoms with Crippen LogP contribution in [0.3, 0.4) is 0 Å². The maximum atomic E-state index is 12.4. The van der Waals surface area contributed by atoms with Crippen molar-refractivity contribution in [2.45, 2.75) is 37.1 Å². The first kappa shape index (κ1) is 18.1. The standard InChI is InChI=1S/C15H22F2N2O3S/c1-2-22-13-4-3-5-14(10-13)23(20,21)18-12-6-8-19(9-7-12)11-15(16)17/h3-5,10,12,15,18H,2,6-9,11H2,1H3. The fourth-order valence-electron chi connectivity index (χ4n) is 2.61. The van der Waals surface area contributed by atoms with Crippen molar-refractivity contribution in [1.82, 2.24) is 9.62 Å². The second-order valence-corrected chi connectivity index (χ2v) is 7.21. The molecule has 0 unspecified atom stereocenters. The number of nitrogens with zero attached hydrogens (tertiary/aromatic N) is 1. The summed E-state index contributed by atoms with van der Waals surface area (Å²) in [5.74, 6) is 0.502. The van der Waals surface area contributed by atoms with E-state index >= 15 is 0 Å². The Labute approximate surface area is 135 Å². The molecule has 1 N–H and O–H groups in total. The number of halogens is 2. The Morgan fingerprint density at radius 2 is 2.04 bits per heavy atom. The molecule has 23 heavy (non-hydrogen) atoms. The maximum absolute atomic E-state index is 12.4. The minimum Gasteiger partial charge on any atom is -0.494 e. The number of hydrogen-bond donors (Lipinski definition) is 1. The van der Waals surface area contributed by atoms with E-state index in [1.807, 2.05) is 6.92 Å². The molecule has 1 aliphatic rings. The molecule has 8 heteroatoms. The van der Waals surface area contributed by atoms with Gasteiger partial charge in [-0.25, -0.2) is 21.9 Å². The molecule has 0 aromatic heterocycles. The topological polar surface area (TPSA) is 58.6 Å². The van der Waals surface area contributed by atoms with Crippen molar-refractivity contribution in [2.24, 2.45) is 0 Å². The van der Waals surface area contributed by atoms with E-state index in [1.54, 1.807) is 17.0 Å². The Morgan fingerprint density at radius 3 is 2.65 bits per heavy atom. The van der Waals surface area contributed by atoms with Crippen molar-refractivity contribution in [3.63, 3.8) is 0 Å². The van der Waals surface area contributed by atoms with Gasteiger partial charge in [0.05, 0.1) is 18.0 Å². The lowest BCUT2D eigenvalue weighted by molar-refractivity contribution is 0.0747. The Bertz CT molecular complexity index is 602. The first-order chi connectivity index (χ1) is 10.9. The summed E-state index contributed by atoms with van der Waals surface area (Å²) in [5, 5.41) is 0. The van der Waals surface area contributed by atoms with Crippen molar-refractivity contribution < 1.29 is 21.9 Å². The smallest absolute Gasteiger partial charge is 0.251 e. The van der Waals surface area contributed by atoms with Gasteiger partial charge in [-0.05, 0) is 45.0 Å². The summed E-state index contributed by atoms with van der Waals surface area (Å²) in [6.45, 7) is 2.97. The zero-order chi connectivity index (χ0) is 16.9. The van der Waals surface area contributed by atoms with Crippen LogP contribution in [0.5, 0.6) is 5.75 Å². The van der Waals surface area contributed by atoms with E-state index in [2.05, 4.69) is 4.72 Å². The van der Waals surface area contributed by atoms with Gasteiger partial charge in [-0.15, -0.1) is 0 Å². The summed E-state index contributed by atoms with van der Waals surface area (Å²) in [5.41, 5.74) is 0. The Morgan fingerprint density at radius 1 is 1.35 bits per heavy atom. The molecule has 1 aliphatic heterocycles. The Hall–Kier alpha value is -1.25. The first-order valence-electron chi connectivity index (χ1n) is 7.66. The number of likely N-dealkylation sites (tertiary alicyclic amines) is 1. The summed E-state index contributed by atoms with van der Waals surface area (Å²) >= 11 is 0. The van der Waals surface area contributed by atoms with Gasteiger partial charge in [0.1, 0.15) is 5.75 Å². The first-order valence-corrected chi connectivity index (χ1v) is 9.14. The average molecular weight is 348 g/mol. The monoisotopic (exact) mass is 348 g/mol. The number of alkyl halides is 2. The van der Waals surface area contributed by atoms with Gasteiger partial charge in [0.15, 0.2) is 0 Å². The number of nitrogens with one attached hydrogen (secondary N) is 1. The van der Waals surface area contributed by atoms with Crippen molar-refractivity contribution >= 4 is 10.0 Å². The van der Waals surface area contributed by atoms with Crippen LogP contribution in [0, 0.1) is 0 Å². The lowest BCUT2D eigenvalue weighted by atomic mass is 10.1. The molecule has 2 rings (SSSR count). The van der Waals surface area contributed by atoms with Crippen LogP contribution in [-0.2, 0) is 10.0 Å². The zero-order valence-corrected chi connectivity index (χ0v) is 13.9. The molecule has 0 amide bonds. The average Bonchev–Trinajstić information content (AvgIpc) is 2.49. The van der Waals surface area contributed by atoms with Crippen LogP contribution in [0.4, 0.5) is 8.78 Å². The fourth-order valence-corrected chi connectivity index (χ4v) is 3.95. The normalized spacial score (nSPS) is 17.6. The van der Waals surface area contributed by atoms with Crippen molar-refractivity contribution in [2.75, 3.05) is 26.2 Å². The van der Waals surface area contributed by atoms with Crippen LogP contribution in [-0.4, -0.2) is 52.0 Å². The van der Waals surface area contributed by atoms with E-state index in [0.29, 0.717) is 38.3 Å². The molecular weight excluding hydrogens is 326 g/mol. The van der Waals surface area contributed by atoms with E-state index in [0.717, 1.165) is 0 Å². The van der Waals surface area contributed by atoms with Gasteiger partial charge in [-0.1, -0.05) is 6.07 Å². The van der Waals surface area contributed by atoms with Gasteiger partial charge < -0.3 is 4.74 Å². The molecule has 0 saturated carbocycles. The maximum Gasteiger partial charge on any atom is 0.251 e. The third-order valence-corrected chi connectivity index (χ3v) is 5.25. The third-order valence-electron chi connectivity index (χ3n) is 3.73. The van der Waals surface area contributed by atoms with Crippen LogP contribution in [0.1, 0.15) is 19.8 Å². The van der Waals surface area contributed by atoms with Gasteiger partial charge in [0.2, 0.25) is 10.0 Å². The highest BCUT2D eigenvalue weighted by molar-refractivity contribution is 7.89.